The van der Waals surface area contributed by atoms with Gasteiger partial charge in [-0.05, 0) is 6.08 Å². The number of carbonyl (C=O) groups excluding carboxylic acids is 4. The first kappa shape index (κ1) is 19.4. The molecule has 0 fully saturated rings. The maximum absolute atomic E-state index is 12.7. The number of carbonyl (C=O) groups is 4. The maximum Gasteiger partial charge on any atom is 0.303 e. The monoisotopic (exact) mass is 360 g/mol. The molecule has 0 N–H and O–H groups in total. The van der Waals surface area contributed by atoms with Crippen LogP contribution in [0.3, 0.4) is 0 Å². The van der Waals surface area contributed by atoms with Crippen molar-refractivity contribution in [3.05, 3.63) is 47.5 Å². The second kappa shape index (κ2) is 8.42. The van der Waals surface area contributed by atoms with Crippen LogP contribution in [0.1, 0.15) is 37.6 Å². The van der Waals surface area contributed by atoms with Gasteiger partial charge in [0.15, 0.2) is 18.0 Å². The van der Waals surface area contributed by atoms with E-state index in [0.29, 0.717) is 11.1 Å². The van der Waals surface area contributed by atoms with Gasteiger partial charge in [-0.2, -0.15) is 0 Å². The molecular formula is C19H20O7. The average Bonchev–Trinajstić information content (AvgIpc) is 2.56. The Labute approximate surface area is 150 Å². The molecule has 0 radical (unpaired) electrons. The van der Waals surface area contributed by atoms with Crippen LogP contribution in [0.25, 0.3) is 0 Å². The van der Waals surface area contributed by atoms with Crippen molar-refractivity contribution in [1.82, 2.24) is 0 Å². The summed E-state index contributed by atoms with van der Waals surface area (Å²) >= 11 is 0. The van der Waals surface area contributed by atoms with Crippen LogP contribution in [0.4, 0.5) is 0 Å². The summed E-state index contributed by atoms with van der Waals surface area (Å²) in [6.45, 7) is 3.61. The molecule has 7 nitrogen and oxygen atoms in total. The average molecular weight is 360 g/mol. The van der Waals surface area contributed by atoms with Crippen molar-refractivity contribution in [2.24, 2.45) is 0 Å². The lowest BCUT2D eigenvalue weighted by Crippen LogP contribution is -2.47. The minimum atomic E-state index is -1.03. The minimum absolute atomic E-state index is 0.0447. The van der Waals surface area contributed by atoms with Gasteiger partial charge in [0, 0.05) is 38.3 Å². The smallest absolute Gasteiger partial charge is 0.303 e. The summed E-state index contributed by atoms with van der Waals surface area (Å²) in [5.74, 6) is -2.10. The number of hydrogen-bond acceptors (Lipinski definition) is 7. The second-order valence-electron chi connectivity index (χ2n) is 5.89. The van der Waals surface area contributed by atoms with Crippen LogP contribution < -0.4 is 0 Å². The van der Waals surface area contributed by atoms with E-state index in [1.165, 1.54) is 26.8 Å². The first-order valence-corrected chi connectivity index (χ1v) is 8.10. The van der Waals surface area contributed by atoms with Crippen molar-refractivity contribution in [2.75, 3.05) is 0 Å². The summed E-state index contributed by atoms with van der Waals surface area (Å²) in [5, 5.41) is 0. The molecule has 0 spiro atoms. The fourth-order valence-electron chi connectivity index (χ4n) is 2.80. The van der Waals surface area contributed by atoms with Crippen LogP contribution >= 0.6 is 0 Å². The highest BCUT2D eigenvalue weighted by atomic mass is 16.6. The normalized spacial score (nSPS) is 22.0. The summed E-state index contributed by atoms with van der Waals surface area (Å²) in [6.07, 6.45) is -1.49. The van der Waals surface area contributed by atoms with Crippen LogP contribution in [0.2, 0.25) is 0 Å². The van der Waals surface area contributed by atoms with Gasteiger partial charge in [0.1, 0.15) is 6.10 Å². The molecule has 0 unspecified atom stereocenters. The molecular weight excluding hydrogens is 340 g/mol. The molecule has 0 aliphatic heterocycles. The van der Waals surface area contributed by atoms with E-state index in [1.807, 2.05) is 0 Å². The van der Waals surface area contributed by atoms with Crippen LogP contribution in [-0.4, -0.2) is 42.0 Å². The molecule has 0 amide bonds. The van der Waals surface area contributed by atoms with Gasteiger partial charge in [0.25, 0.3) is 0 Å². The summed E-state index contributed by atoms with van der Waals surface area (Å²) in [6, 6.07) is 8.55. The molecule has 1 aromatic rings. The lowest BCUT2D eigenvalue weighted by atomic mass is 9.87. The molecule has 1 aliphatic rings. The first-order valence-electron chi connectivity index (χ1n) is 8.10. The highest BCUT2D eigenvalue weighted by molar-refractivity contribution is 6.09. The number of ketones is 1. The number of hydrogen-bond donors (Lipinski definition) is 0. The number of benzene rings is 1. The van der Waals surface area contributed by atoms with Crippen LogP contribution in [0.5, 0.6) is 0 Å². The van der Waals surface area contributed by atoms with Crippen molar-refractivity contribution >= 4 is 23.7 Å². The Balaban J connectivity index is 2.39. The Morgan fingerprint density at radius 3 is 1.96 bits per heavy atom. The Morgan fingerprint density at radius 2 is 1.42 bits per heavy atom. The molecule has 1 aliphatic carbocycles. The van der Waals surface area contributed by atoms with Crippen molar-refractivity contribution < 1.29 is 33.4 Å². The van der Waals surface area contributed by atoms with E-state index in [1.54, 1.807) is 30.3 Å². The van der Waals surface area contributed by atoms with Gasteiger partial charge in [-0.15, -0.1) is 0 Å². The number of esters is 3. The first-order chi connectivity index (χ1) is 12.3. The van der Waals surface area contributed by atoms with E-state index in [9.17, 15) is 19.2 Å². The summed E-state index contributed by atoms with van der Waals surface area (Å²) in [4.78, 5) is 47.0. The van der Waals surface area contributed by atoms with E-state index in [0.717, 1.165) is 0 Å². The third kappa shape index (κ3) is 5.02. The van der Waals surface area contributed by atoms with Gasteiger partial charge in [0.05, 0.1) is 0 Å². The van der Waals surface area contributed by atoms with E-state index in [4.69, 9.17) is 14.2 Å². The van der Waals surface area contributed by atoms with E-state index < -0.39 is 36.2 Å². The van der Waals surface area contributed by atoms with Crippen molar-refractivity contribution in [3.8, 4) is 0 Å². The second-order valence-corrected chi connectivity index (χ2v) is 5.89. The van der Waals surface area contributed by atoms with Crippen molar-refractivity contribution in [3.63, 3.8) is 0 Å². The zero-order valence-corrected chi connectivity index (χ0v) is 14.8. The van der Waals surface area contributed by atoms with E-state index >= 15 is 0 Å². The van der Waals surface area contributed by atoms with Crippen molar-refractivity contribution in [2.45, 2.75) is 45.5 Å². The molecule has 7 heteroatoms. The zero-order valence-electron chi connectivity index (χ0n) is 14.8. The molecule has 0 bridgehead atoms. The van der Waals surface area contributed by atoms with Crippen LogP contribution in [0, 0.1) is 0 Å². The molecule has 3 atom stereocenters. The number of rotatable bonds is 5. The standard InChI is InChI=1S/C19H20O7/c1-11(20)24-16-9-15(18(23)14-7-5-4-6-8-14)10-17(25-12(2)21)19(16)26-13(3)22/h4-9,16-17,19H,10H2,1-3H3/t16-,17-,19-/m1/s1. The quantitative estimate of drug-likeness (QED) is 0.450. The molecule has 2 rings (SSSR count). The Bertz CT molecular complexity index is 736. The summed E-state index contributed by atoms with van der Waals surface area (Å²) in [7, 11) is 0. The largest absolute Gasteiger partial charge is 0.458 e. The van der Waals surface area contributed by atoms with Crippen molar-refractivity contribution in [1.29, 1.82) is 0 Å². The summed E-state index contributed by atoms with van der Waals surface area (Å²) in [5.41, 5.74) is 0.768. The molecule has 0 heterocycles. The third-order valence-electron chi connectivity index (χ3n) is 3.73. The van der Waals surface area contributed by atoms with E-state index in [2.05, 4.69) is 0 Å². The topological polar surface area (TPSA) is 96.0 Å². The molecule has 26 heavy (non-hydrogen) atoms. The van der Waals surface area contributed by atoms with Gasteiger partial charge in [0.2, 0.25) is 0 Å². The lowest BCUT2D eigenvalue weighted by Gasteiger charge is -2.34. The molecule has 138 valence electrons. The molecule has 1 aromatic carbocycles. The highest BCUT2D eigenvalue weighted by Gasteiger charge is 2.41. The highest BCUT2D eigenvalue weighted by Crippen LogP contribution is 2.29. The predicted octanol–water partition coefficient (Wildman–Crippen LogP) is 1.99. The van der Waals surface area contributed by atoms with Gasteiger partial charge in [-0.25, -0.2) is 0 Å². The Morgan fingerprint density at radius 1 is 0.846 bits per heavy atom. The number of ether oxygens (including phenoxy) is 3. The SMILES string of the molecule is CC(=O)O[C@@H]1[C@H](OC(C)=O)C=C(C(=O)c2ccccc2)C[C@H]1OC(C)=O. The zero-order chi connectivity index (χ0) is 19.3. The molecule has 0 aromatic heterocycles. The fraction of sp³-hybridized carbons (Fsp3) is 0.368. The number of Topliss-reactive ketones (excluding diaryl/α,β-unsaturated/α-hetero) is 1. The van der Waals surface area contributed by atoms with Gasteiger partial charge in [-0.3, -0.25) is 19.2 Å². The van der Waals surface area contributed by atoms with Crippen LogP contribution in [-0.2, 0) is 28.6 Å². The molecule has 0 saturated heterocycles. The molecule has 0 saturated carbocycles. The maximum atomic E-state index is 12.7. The summed E-state index contributed by atoms with van der Waals surface area (Å²) < 4.78 is 15.6. The third-order valence-corrected chi connectivity index (χ3v) is 3.73. The van der Waals surface area contributed by atoms with Gasteiger partial charge < -0.3 is 14.2 Å². The van der Waals surface area contributed by atoms with Crippen LogP contribution in [0.15, 0.2) is 42.0 Å². The Kier molecular flexibility index (Phi) is 6.27. The predicted molar refractivity (Wildman–Crippen MR) is 90.1 cm³/mol. The minimum Gasteiger partial charge on any atom is -0.458 e. The van der Waals surface area contributed by atoms with Gasteiger partial charge in [-0.1, -0.05) is 30.3 Å². The lowest BCUT2D eigenvalue weighted by molar-refractivity contribution is -0.180. The van der Waals surface area contributed by atoms with E-state index in [-0.39, 0.29) is 12.2 Å². The fourth-order valence-corrected chi connectivity index (χ4v) is 2.80. The van der Waals surface area contributed by atoms with Gasteiger partial charge >= 0.3 is 17.9 Å². The Hall–Kier alpha value is -2.96.